The largest absolute Gasteiger partial charge is 0.472 e. The number of aliphatic hydroxyl groups is 1. The third-order valence-corrected chi connectivity index (χ3v) is 18.7. The summed E-state index contributed by atoms with van der Waals surface area (Å²) in [5.41, 5.74) is 0. The van der Waals surface area contributed by atoms with Gasteiger partial charge in [-0.05, 0) is 49.4 Å². The van der Waals surface area contributed by atoms with Crippen LogP contribution in [-0.2, 0) is 65.4 Å². The molecule has 0 bridgehead atoms. The molecule has 0 aliphatic carbocycles. The zero-order valence-electron chi connectivity index (χ0n) is 60.2. The summed E-state index contributed by atoms with van der Waals surface area (Å²) < 4.78 is 68.3. The van der Waals surface area contributed by atoms with Gasteiger partial charge in [0.05, 0.1) is 26.4 Å². The molecule has 0 saturated carbocycles. The average molecular weight is 1350 g/mol. The van der Waals surface area contributed by atoms with Gasteiger partial charge in [-0.2, -0.15) is 0 Å². The van der Waals surface area contributed by atoms with Gasteiger partial charge in [-0.25, -0.2) is 9.13 Å². The molecule has 0 aromatic carbocycles. The molecule has 0 amide bonds. The second-order valence-corrected chi connectivity index (χ2v) is 31.1. The number of carbonyl (C=O) groups excluding carboxylic acids is 4. The highest BCUT2D eigenvalue weighted by Gasteiger charge is 2.30. The molecule has 0 aromatic rings. The lowest BCUT2D eigenvalue weighted by molar-refractivity contribution is -0.161. The molecule has 3 N–H and O–H groups in total. The maximum atomic E-state index is 13.0. The quantitative estimate of drug-likeness (QED) is 0.0222. The van der Waals surface area contributed by atoms with Gasteiger partial charge >= 0.3 is 39.5 Å². The molecule has 0 spiro atoms. The minimum absolute atomic E-state index is 0.105. The average Bonchev–Trinajstić information content (AvgIpc) is 2.52. The molecule has 0 aliphatic rings. The van der Waals surface area contributed by atoms with Crippen LogP contribution in [0.4, 0.5) is 0 Å². The number of ether oxygens (including phenoxy) is 4. The van der Waals surface area contributed by atoms with Crippen molar-refractivity contribution in [1.82, 2.24) is 0 Å². The van der Waals surface area contributed by atoms with Crippen molar-refractivity contribution in [1.29, 1.82) is 0 Å². The van der Waals surface area contributed by atoms with Gasteiger partial charge < -0.3 is 33.8 Å². The fourth-order valence-corrected chi connectivity index (χ4v) is 12.6. The lowest BCUT2D eigenvalue weighted by Gasteiger charge is -2.21. The van der Waals surface area contributed by atoms with Crippen LogP contribution in [0.2, 0.25) is 0 Å². The van der Waals surface area contributed by atoms with E-state index in [1.54, 1.807) is 0 Å². The first kappa shape index (κ1) is 90.1. The van der Waals surface area contributed by atoms with E-state index in [1.165, 1.54) is 154 Å². The lowest BCUT2D eigenvalue weighted by atomic mass is 10.0. The van der Waals surface area contributed by atoms with E-state index in [0.29, 0.717) is 37.5 Å². The van der Waals surface area contributed by atoms with Gasteiger partial charge in [0.25, 0.3) is 0 Å². The number of rotatable bonds is 70. The molecule has 19 heteroatoms. The maximum absolute atomic E-state index is 13.0. The molecule has 0 fully saturated rings. The summed E-state index contributed by atoms with van der Waals surface area (Å²) in [4.78, 5) is 72.6. The van der Waals surface area contributed by atoms with Gasteiger partial charge in [-0.15, -0.1) is 0 Å². The summed E-state index contributed by atoms with van der Waals surface area (Å²) >= 11 is 0. The zero-order valence-corrected chi connectivity index (χ0v) is 62.0. The van der Waals surface area contributed by atoms with Gasteiger partial charge in [-0.3, -0.25) is 37.3 Å². The predicted molar refractivity (Wildman–Crippen MR) is 372 cm³/mol. The van der Waals surface area contributed by atoms with Crippen LogP contribution in [-0.4, -0.2) is 96.7 Å². The molecule has 0 aromatic heterocycles. The van der Waals surface area contributed by atoms with Gasteiger partial charge in [0.15, 0.2) is 12.2 Å². The van der Waals surface area contributed by atoms with Crippen molar-refractivity contribution in [3.05, 3.63) is 0 Å². The molecule has 0 rings (SSSR count). The van der Waals surface area contributed by atoms with Crippen molar-refractivity contribution in [3.8, 4) is 0 Å². The monoisotopic (exact) mass is 1350 g/mol. The summed E-state index contributed by atoms with van der Waals surface area (Å²) in [5.74, 6) is 0.836. The highest BCUT2D eigenvalue weighted by atomic mass is 31.2. The van der Waals surface area contributed by atoms with Crippen molar-refractivity contribution in [3.63, 3.8) is 0 Å². The number of hydrogen-bond acceptors (Lipinski definition) is 15. The zero-order chi connectivity index (χ0) is 68.2. The fourth-order valence-electron chi connectivity index (χ4n) is 11.0. The Kier molecular flexibility index (Phi) is 61.3. The van der Waals surface area contributed by atoms with Crippen molar-refractivity contribution < 1.29 is 80.2 Å². The number of unbranched alkanes of at least 4 members (excludes halogenated alkanes) is 36. The maximum Gasteiger partial charge on any atom is 0.472 e. The number of phosphoric acid groups is 2. The molecule has 0 radical (unpaired) electrons. The normalized spacial score (nSPS) is 14.2. The van der Waals surface area contributed by atoms with Crippen LogP contribution < -0.4 is 0 Å². The summed E-state index contributed by atoms with van der Waals surface area (Å²) in [7, 11) is -9.91. The van der Waals surface area contributed by atoms with Gasteiger partial charge in [-0.1, -0.05) is 312 Å². The van der Waals surface area contributed by atoms with Crippen molar-refractivity contribution in [2.24, 2.45) is 23.7 Å². The van der Waals surface area contributed by atoms with Crippen LogP contribution in [0, 0.1) is 23.7 Å². The Hall–Kier alpha value is -1.94. The number of phosphoric ester groups is 2. The van der Waals surface area contributed by atoms with E-state index in [9.17, 15) is 43.2 Å². The van der Waals surface area contributed by atoms with Crippen LogP contribution in [0.15, 0.2) is 0 Å². The van der Waals surface area contributed by atoms with Crippen LogP contribution >= 0.6 is 15.6 Å². The van der Waals surface area contributed by atoms with E-state index in [-0.39, 0.29) is 25.7 Å². The minimum atomic E-state index is -4.95. The van der Waals surface area contributed by atoms with Crippen LogP contribution in [0.25, 0.3) is 0 Å². The second kappa shape index (κ2) is 62.6. The van der Waals surface area contributed by atoms with E-state index < -0.39 is 97.5 Å². The molecule has 546 valence electrons. The van der Waals surface area contributed by atoms with Crippen molar-refractivity contribution in [2.75, 3.05) is 39.6 Å². The number of aliphatic hydroxyl groups excluding tert-OH is 1. The van der Waals surface area contributed by atoms with E-state index in [2.05, 4.69) is 55.4 Å². The Morgan fingerprint density at radius 3 is 0.674 bits per heavy atom. The summed E-state index contributed by atoms with van der Waals surface area (Å²) in [5, 5.41) is 10.6. The van der Waals surface area contributed by atoms with E-state index >= 15 is 0 Å². The number of carbonyl (C=O) groups is 4. The van der Waals surface area contributed by atoms with Crippen molar-refractivity contribution in [2.45, 2.75) is 382 Å². The molecule has 0 aliphatic heterocycles. The van der Waals surface area contributed by atoms with E-state index in [0.717, 1.165) is 115 Å². The molecule has 92 heavy (non-hydrogen) atoms. The minimum Gasteiger partial charge on any atom is -0.462 e. The van der Waals surface area contributed by atoms with Gasteiger partial charge in [0, 0.05) is 25.7 Å². The summed E-state index contributed by atoms with van der Waals surface area (Å²) in [6.07, 6.45) is 46.1. The molecule has 17 nitrogen and oxygen atoms in total. The number of hydrogen-bond donors (Lipinski definition) is 3. The molecular weight excluding hydrogens is 1210 g/mol. The smallest absolute Gasteiger partial charge is 0.462 e. The first-order valence-electron chi connectivity index (χ1n) is 37.7. The molecule has 0 heterocycles. The fraction of sp³-hybridized carbons (Fsp3) is 0.945. The van der Waals surface area contributed by atoms with E-state index in [4.69, 9.17) is 37.0 Å². The molecule has 0 saturated heterocycles. The van der Waals surface area contributed by atoms with Gasteiger partial charge in [0.1, 0.15) is 19.3 Å². The SMILES string of the molecule is CC(C)CCCCCCCCCCCCCCCCCC(=O)O[C@H](COC(=O)CCCCCCCCC(C)C)COP(=O)(O)OCC(O)COP(=O)(O)OC[C@@H](COC(=O)CCCCCCCCCC(C)C)OC(=O)CCCCCCCCCCCCCCC(C)C. The van der Waals surface area contributed by atoms with Crippen LogP contribution in [0.1, 0.15) is 364 Å². The summed E-state index contributed by atoms with van der Waals surface area (Å²) in [6, 6.07) is 0. The molecular formula is C73H142O17P2. The molecule has 5 atom stereocenters. The summed E-state index contributed by atoms with van der Waals surface area (Å²) in [6.45, 7) is 14.1. The highest BCUT2D eigenvalue weighted by molar-refractivity contribution is 7.47. The van der Waals surface area contributed by atoms with Crippen molar-refractivity contribution >= 4 is 39.5 Å². The highest BCUT2D eigenvalue weighted by Crippen LogP contribution is 2.45. The Bertz CT molecular complexity index is 1820. The standard InChI is InChI=1S/C73H142O17P2/c1-63(2)49-41-33-25-20-16-12-10-9-11-13-18-22-28-39-47-55-73(78)90-69(60-84-71(76)54-46-38-32-31-36-44-52-66(7)8)62-88-92(81,82)86-58-67(74)57-85-91(79,80)87-61-68(59-83-70(75)53-45-37-30-24-27-35-43-51-65(5)6)89-72(77)56-48-40-29-23-19-15-14-17-21-26-34-42-50-64(3)4/h63-69,74H,9-62H2,1-8H3,(H,79,80)(H,81,82)/t67?,68-,69-/m1/s1. The number of esters is 4. The van der Waals surface area contributed by atoms with Crippen LogP contribution in [0.5, 0.6) is 0 Å². The first-order valence-corrected chi connectivity index (χ1v) is 40.7. The van der Waals surface area contributed by atoms with E-state index in [1.807, 2.05) is 0 Å². The third kappa shape index (κ3) is 66.7. The Morgan fingerprint density at radius 2 is 0.457 bits per heavy atom. The third-order valence-electron chi connectivity index (χ3n) is 16.8. The molecule has 3 unspecified atom stereocenters. The Morgan fingerprint density at radius 1 is 0.272 bits per heavy atom. The lowest BCUT2D eigenvalue weighted by Crippen LogP contribution is -2.30. The first-order chi connectivity index (χ1) is 44.1. The van der Waals surface area contributed by atoms with Crippen LogP contribution in [0.3, 0.4) is 0 Å². The predicted octanol–water partition coefficient (Wildman–Crippen LogP) is 20.9. The Labute approximate surface area is 562 Å². The second-order valence-electron chi connectivity index (χ2n) is 28.2. The topological polar surface area (TPSA) is 237 Å². The Balaban J connectivity index is 5.20. The van der Waals surface area contributed by atoms with Gasteiger partial charge in [0.2, 0.25) is 0 Å².